The van der Waals surface area contributed by atoms with Gasteiger partial charge in [0, 0.05) is 71.1 Å². The number of anilines is 1. The van der Waals surface area contributed by atoms with E-state index < -0.39 is 6.09 Å². The van der Waals surface area contributed by atoms with Crippen LogP contribution >= 0.6 is 0 Å². The van der Waals surface area contributed by atoms with Crippen molar-refractivity contribution in [1.29, 1.82) is 0 Å². The molecule has 0 bridgehead atoms. The van der Waals surface area contributed by atoms with E-state index >= 15 is 0 Å². The molecule has 46 heavy (non-hydrogen) atoms. The number of aliphatic hydroxyl groups is 2. The van der Waals surface area contributed by atoms with Crippen LogP contribution in [0.3, 0.4) is 0 Å². The second-order valence-corrected chi connectivity index (χ2v) is 10.4. The van der Waals surface area contributed by atoms with Crippen LogP contribution in [0.4, 0.5) is 10.5 Å². The molecular formula is C33H53N5O8. The summed E-state index contributed by atoms with van der Waals surface area (Å²) in [6, 6.07) is 15.4. The Kier molecular flexibility index (Phi) is 22.1. The third kappa shape index (κ3) is 18.2. The molecule has 2 saturated heterocycles. The molecule has 2 fully saturated rings. The second kappa shape index (κ2) is 25.3. The van der Waals surface area contributed by atoms with Gasteiger partial charge in [0.15, 0.2) is 0 Å². The Labute approximate surface area is 272 Å². The van der Waals surface area contributed by atoms with Crippen LogP contribution in [0.2, 0.25) is 0 Å². The zero-order chi connectivity index (χ0) is 34.0. The molecule has 3 heterocycles. The van der Waals surface area contributed by atoms with Crippen molar-refractivity contribution in [2.75, 3.05) is 65.0 Å². The number of hydrogen-bond donors (Lipinski definition) is 7. The van der Waals surface area contributed by atoms with Crippen molar-refractivity contribution in [3.63, 3.8) is 0 Å². The average Bonchev–Trinajstić information content (AvgIpc) is 3.49. The molecule has 5 rings (SSSR count). The first-order valence-corrected chi connectivity index (χ1v) is 15.8. The summed E-state index contributed by atoms with van der Waals surface area (Å²) in [5.74, 6) is 0.448. The number of benzene rings is 2. The van der Waals surface area contributed by atoms with Gasteiger partial charge in [-0.25, -0.2) is 9.80 Å². The molecule has 2 aromatic carbocycles. The number of nitrogens with zero attached hydrogens (tertiary/aromatic N) is 1. The average molecular weight is 648 g/mol. The molecule has 0 aliphatic carbocycles. The first-order valence-electron chi connectivity index (χ1n) is 15.8. The quantitative estimate of drug-likeness (QED) is 0.166. The summed E-state index contributed by atoms with van der Waals surface area (Å²) in [7, 11) is 1.00. The Morgan fingerprint density at radius 3 is 2.26 bits per heavy atom. The number of carbonyl (C=O) groups excluding carboxylic acids is 2. The van der Waals surface area contributed by atoms with Gasteiger partial charge >= 0.3 is 6.09 Å². The molecule has 258 valence electrons. The van der Waals surface area contributed by atoms with Gasteiger partial charge < -0.3 is 40.7 Å². The zero-order valence-corrected chi connectivity index (χ0v) is 27.4. The van der Waals surface area contributed by atoms with E-state index in [1.54, 1.807) is 30.1 Å². The van der Waals surface area contributed by atoms with E-state index in [9.17, 15) is 14.4 Å². The van der Waals surface area contributed by atoms with Crippen LogP contribution in [0.25, 0.3) is 0 Å². The zero-order valence-electron chi connectivity index (χ0n) is 27.4. The molecule has 3 amide bonds. The normalized spacial score (nSPS) is 15.9. The van der Waals surface area contributed by atoms with Gasteiger partial charge in [0.05, 0.1) is 5.69 Å². The number of aliphatic hydroxyl groups excluding tert-OH is 2. The topological polar surface area (TPSA) is 182 Å². The Morgan fingerprint density at radius 2 is 1.74 bits per heavy atom. The second-order valence-electron chi connectivity index (χ2n) is 10.4. The lowest BCUT2D eigenvalue weighted by atomic mass is 10.1. The summed E-state index contributed by atoms with van der Waals surface area (Å²) in [6.45, 7) is 8.46. The van der Waals surface area contributed by atoms with Crippen molar-refractivity contribution in [1.82, 2.24) is 21.1 Å². The van der Waals surface area contributed by atoms with Gasteiger partial charge in [0.1, 0.15) is 12.4 Å². The summed E-state index contributed by atoms with van der Waals surface area (Å²) < 4.78 is 10.6. The third-order valence-corrected chi connectivity index (χ3v) is 6.60. The minimum Gasteiger partial charge on any atom is -0.490 e. The van der Waals surface area contributed by atoms with E-state index in [0.717, 1.165) is 26.0 Å². The van der Waals surface area contributed by atoms with Crippen LogP contribution in [-0.4, -0.2) is 104 Å². The highest BCUT2D eigenvalue weighted by Gasteiger charge is 2.24. The van der Waals surface area contributed by atoms with Gasteiger partial charge in [0.2, 0.25) is 5.91 Å². The van der Waals surface area contributed by atoms with Gasteiger partial charge in [-0.3, -0.25) is 15.0 Å². The summed E-state index contributed by atoms with van der Waals surface area (Å²) in [6.07, 6.45) is 4.55. The lowest BCUT2D eigenvalue weighted by Gasteiger charge is -2.26. The van der Waals surface area contributed by atoms with E-state index in [1.165, 1.54) is 24.8 Å². The van der Waals surface area contributed by atoms with Crippen molar-refractivity contribution in [2.45, 2.75) is 58.4 Å². The van der Waals surface area contributed by atoms with Crippen LogP contribution in [0, 0.1) is 6.92 Å². The third-order valence-electron chi connectivity index (χ3n) is 6.60. The van der Waals surface area contributed by atoms with Crippen molar-refractivity contribution < 1.29 is 39.2 Å². The molecule has 3 aliphatic heterocycles. The van der Waals surface area contributed by atoms with Crippen LogP contribution in [0.15, 0.2) is 48.5 Å². The Bertz CT molecular complexity index is 1110. The molecule has 0 radical (unpaired) electrons. The van der Waals surface area contributed by atoms with E-state index in [2.05, 4.69) is 40.4 Å². The number of hydrogen-bond acceptors (Lipinski definition) is 9. The Balaban J connectivity index is 0.000000475. The highest BCUT2D eigenvalue weighted by molar-refractivity contribution is 5.95. The maximum absolute atomic E-state index is 12.7. The van der Waals surface area contributed by atoms with Crippen molar-refractivity contribution in [2.24, 2.45) is 0 Å². The largest absolute Gasteiger partial charge is 0.490 e. The maximum Gasteiger partial charge on any atom is 0.404 e. The van der Waals surface area contributed by atoms with E-state index in [0.29, 0.717) is 56.8 Å². The molecule has 2 aromatic rings. The molecule has 0 saturated carbocycles. The first kappa shape index (κ1) is 40.1. The van der Waals surface area contributed by atoms with Gasteiger partial charge in [-0.2, -0.15) is 0 Å². The first-order chi connectivity index (χ1) is 22.3. The summed E-state index contributed by atoms with van der Waals surface area (Å²) in [5, 5.41) is 33.3. The number of rotatable bonds is 8. The van der Waals surface area contributed by atoms with Gasteiger partial charge in [-0.05, 0) is 64.2 Å². The van der Waals surface area contributed by atoms with E-state index in [-0.39, 0.29) is 31.0 Å². The lowest BCUT2D eigenvalue weighted by molar-refractivity contribution is -0.119. The fourth-order valence-electron chi connectivity index (χ4n) is 4.45. The fourth-order valence-corrected chi connectivity index (χ4v) is 4.45. The maximum atomic E-state index is 12.7. The van der Waals surface area contributed by atoms with Crippen molar-refractivity contribution in [3.05, 3.63) is 59.7 Å². The Morgan fingerprint density at radius 1 is 1.04 bits per heavy atom. The van der Waals surface area contributed by atoms with Crippen LogP contribution < -0.4 is 26.1 Å². The summed E-state index contributed by atoms with van der Waals surface area (Å²) >= 11 is 0. The Hall–Kier alpha value is -3.91. The highest BCUT2D eigenvalue weighted by atomic mass is 16.5. The summed E-state index contributed by atoms with van der Waals surface area (Å²) in [5.41, 5.74) is 5.45. The SMILES string of the molecule is C1CCOCC1.CCO.CO.Cc1ccccc1.O=C(O)NCCCN(CC1CCC(=O)N1)NC(=O)c1ccc2c(c1)NCCO2. The number of carboxylic acid groups (broad SMARTS) is 1. The highest BCUT2D eigenvalue weighted by Crippen LogP contribution is 2.28. The standard InChI is InChI=1S/C18H25N5O5.C7H8.C5H10O.C2H6O.CH4O/c24-16-5-3-13(21-16)11-23(8-1-6-20-18(26)27)22-17(25)12-2-4-15-14(10-12)19-7-9-28-15;1-7-5-3-2-4-6-7;1-2-4-6-5-3-1;1-2-3;1-2/h2,4,10,13,19-20H,1,3,5-9,11H2,(H,21,24)(H,22,25)(H,26,27);2-6H,1H3;1-5H2;3H,2H2,1H3;2H,1H3. The smallest absolute Gasteiger partial charge is 0.404 e. The summed E-state index contributed by atoms with van der Waals surface area (Å²) in [4.78, 5) is 34.7. The van der Waals surface area contributed by atoms with Gasteiger partial charge in [0.25, 0.3) is 5.91 Å². The van der Waals surface area contributed by atoms with Crippen LogP contribution in [0.1, 0.15) is 61.4 Å². The molecule has 1 unspecified atom stereocenters. The number of hydrazine groups is 1. The predicted octanol–water partition coefficient (Wildman–Crippen LogP) is 3.16. The molecule has 0 aromatic heterocycles. The van der Waals surface area contributed by atoms with Crippen LogP contribution in [0.5, 0.6) is 5.75 Å². The number of fused-ring (bicyclic) bond motifs is 1. The molecule has 3 aliphatic rings. The number of aryl methyl sites for hydroxylation is 1. The van der Waals surface area contributed by atoms with Gasteiger partial charge in [-0.15, -0.1) is 0 Å². The number of carbonyl (C=O) groups is 3. The number of amides is 3. The van der Waals surface area contributed by atoms with Crippen LogP contribution in [-0.2, 0) is 9.53 Å². The van der Waals surface area contributed by atoms with Crippen molar-refractivity contribution in [3.8, 4) is 5.75 Å². The molecule has 13 nitrogen and oxygen atoms in total. The number of ether oxygens (including phenoxy) is 2. The fraction of sp³-hybridized carbons (Fsp3) is 0.545. The minimum atomic E-state index is -1.08. The predicted molar refractivity (Wildman–Crippen MR) is 178 cm³/mol. The number of nitrogens with one attached hydrogen (secondary N) is 4. The monoisotopic (exact) mass is 647 g/mol. The molecular weight excluding hydrogens is 594 g/mol. The van der Waals surface area contributed by atoms with Gasteiger partial charge in [-0.1, -0.05) is 35.9 Å². The van der Waals surface area contributed by atoms with Crippen molar-refractivity contribution >= 4 is 23.6 Å². The molecule has 13 heteroatoms. The minimum absolute atomic E-state index is 0.00424. The lowest BCUT2D eigenvalue weighted by Crippen LogP contribution is -2.49. The molecule has 7 N–H and O–H groups in total. The molecule has 0 spiro atoms. The van der Waals surface area contributed by atoms with E-state index in [4.69, 9.17) is 24.8 Å². The molecule has 1 atom stereocenters. The van der Waals surface area contributed by atoms with E-state index in [1.807, 2.05) is 18.2 Å².